The number of fused-ring (bicyclic) bond motifs is 2. The van der Waals surface area contributed by atoms with E-state index in [0.29, 0.717) is 11.9 Å². The Morgan fingerprint density at radius 1 is 1.35 bits per heavy atom. The average molecular weight is 327 g/mol. The first-order chi connectivity index (χ1) is 11.2. The maximum atomic E-state index is 9.48. The van der Waals surface area contributed by atoms with E-state index in [1.165, 1.54) is 22.4 Å². The lowest BCUT2D eigenvalue weighted by atomic mass is 10.0. The third-order valence-electron chi connectivity index (χ3n) is 4.86. The predicted molar refractivity (Wildman–Crippen MR) is 94.5 cm³/mol. The second-order valence-electron chi connectivity index (χ2n) is 6.34. The van der Waals surface area contributed by atoms with Crippen molar-refractivity contribution >= 4 is 22.9 Å². The van der Waals surface area contributed by atoms with Crippen LogP contribution in [0.3, 0.4) is 0 Å². The summed E-state index contributed by atoms with van der Waals surface area (Å²) in [5, 5.41) is 11.6. The lowest BCUT2D eigenvalue weighted by Gasteiger charge is -2.23. The molecule has 3 heterocycles. The number of aliphatic imine (C=N–C) groups is 1. The zero-order valence-electron chi connectivity index (χ0n) is 13.0. The number of benzene rings is 1. The van der Waals surface area contributed by atoms with E-state index in [4.69, 9.17) is 5.73 Å². The Morgan fingerprint density at radius 2 is 2.26 bits per heavy atom. The van der Waals surface area contributed by atoms with E-state index in [1.54, 1.807) is 11.3 Å². The van der Waals surface area contributed by atoms with E-state index in [9.17, 15) is 5.11 Å². The van der Waals surface area contributed by atoms with Gasteiger partial charge in [0.25, 0.3) is 0 Å². The maximum Gasteiger partial charge on any atom is 0.132 e. The SMILES string of the molecule is NC1=Nc2cc(CN3CCC[C@@H]3CO)ccc2Cc2sccc21. The quantitative estimate of drug-likeness (QED) is 0.911. The third kappa shape index (κ3) is 2.80. The minimum absolute atomic E-state index is 0.246. The third-order valence-corrected chi connectivity index (χ3v) is 5.78. The summed E-state index contributed by atoms with van der Waals surface area (Å²) < 4.78 is 0. The summed E-state index contributed by atoms with van der Waals surface area (Å²) in [5.41, 5.74) is 10.7. The largest absolute Gasteiger partial charge is 0.395 e. The second kappa shape index (κ2) is 6.07. The summed E-state index contributed by atoms with van der Waals surface area (Å²) in [5.74, 6) is 0.617. The Hall–Kier alpha value is -1.69. The molecule has 0 unspecified atom stereocenters. The Bertz CT molecular complexity index is 752. The highest BCUT2D eigenvalue weighted by molar-refractivity contribution is 7.10. The molecule has 0 aliphatic carbocycles. The van der Waals surface area contributed by atoms with Gasteiger partial charge in [0, 0.05) is 29.4 Å². The summed E-state index contributed by atoms with van der Waals surface area (Å²) in [4.78, 5) is 8.31. The fourth-order valence-corrected chi connectivity index (χ4v) is 4.48. The molecule has 1 atom stereocenters. The molecule has 0 amide bonds. The van der Waals surface area contributed by atoms with Crippen LogP contribution in [0.15, 0.2) is 34.6 Å². The van der Waals surface area contributed by atoms with E-state index in [0.717, 1.165) is 37.2 Å². The van der Waals surface area contributed by atoms with Crippen molar-refractivity contribution in [1.82, 2.24) is 4.90 Å². The van der Waals surface area contributed by atoms with E-state index in [1.807, 2.05) is 0 Å². The molecule has 5 heteroatoms. The van der Waals surface area contributed by atoms with Crippen molar-refractivity contribution in [3.8, 4) is 0 Å². The first kappa shape index (κ1) is 14.9. The van der Waals surface area contributed by atoms with Gasteiger partial charge in [-0.3, -0.25) is 4.90 Å². The zero-order chi connectivity index (χ0) is 15.8. The van der Waals surface area contributed by atoms with Crippen LogP contribution >= 0.6 is 11.3 Å². The number of amidine groups is 1. The van der Waals surface area contributed by atoms with Crippen LogP contribution in [0.5, 0.6) is 0 Å². The van der Waals surface area contributed by atoms with Gasteiger partial charge in [0.2, 0.25) is 0 Å². The molecule has 1 fully saturated rings. The topological polar surface area (TPSA) is 61.8 Å². The number of hydrogen-bond acceptors (Lipinski definition) is 5. The first-order valence-corrected chi connectivity index (χ1v) is 9.00. The van der Waals surface area contributed by atoms with Gasteiger partial charge in [-0.05, 0) is 48.0 Å². The number of hydrogen-bond donors (Lipinski definition) is 2. The van der Waals surface area contributed by atoms with Gasteiger partial charge in [0.1, 0.15) is 5.84 Å². The fraction of sp³-hybridized carbons (Fsp3) is 0.389. The van der Waals surface area contributed by atoms with E-state index in [-0.39, 0.29) is 6.61 Å². The Labute approximate surface area is 140 Å². The molecule has 3 N–H and O–H groups in total. The van der Waals surface area contributed by atoms with Crippen LogP contribution < -0.4 is 5.73 Å². The normalized spacial score (nSPS) is 20.7. The first-order valence-electron chi connectivity index (χ1n) is 8.12. The number of nitrogens with zero attached hydrogens (tertiary/aromatic N) is 2. The highest BCUT2D eigenvalue weighted by Crippen LogP contribution is 2.32. The number of likely N-dealkylation sites (tertiary alicyclic amines) is 1. The van der Waals surface area contributed by atoms with Gasteiger partial charge in [-0.25, -0.2) is 4.99 Å². The molecular formula is C18H21N3OS. The van der Waals surface area contributed by atoms with Crippen molar-refractivity contribution in [2.75, 3.05) is 13.2 Å². The lowest BCUT2D eigenvalue weighted by Crippen LogP contribution is -2.31. The van der Waals surface area contributed by atoms with E-state index in [2.05, 4.69) is 39.5 Å². The van der Waals surface area contributed by atoms with Gasteiger partial charge in [0.05, 0.1) is 12.3 Å². The second-order valence-corrected chi connectivity index (χ2v) is 7.34. The molecule has 23 heavy (non-hydrogen) atoms. The predicted octanol–water partition coefficient (Wildman–Crippen LogP) is 2.65. The molecule has 0 saturated carbocycles. The molecule has 4 nitrogen and oxygen atoms in total. The van der Waals surface area contributed by atoms with Crippen molar-refractivity contribution in [1.29, 1.82) is 0 Å². The van der Waals surface area contributed by atoms with Crippen molar-refractivity contribution < 1.29 is 5.11 Å². The number of rotatable bonds is 3. The molecule has 2 aliphatic heterocycles. The smallest absolute Gasteiger partial charge is 0.132 e. The lowest BCUT2D eigenvalue weighted by molar-refractivity contribution is 0.153. The molecule has 120 valence electrons. The summed E-state index contributed by atoms with van der Waals surface area (Å²) in [6.07, 6.45) is 3.16. The van der Waals surface area contributed by atoms with Crippen LogP contribution in [0.4, 0.5) is 5.69 Å². The summed E-state index contributed by atoms with van der Waals surface area (Å²) >= 11 is 1.74. The Balaban J connectivity index is 1.62. The highest BCUT2D eigenvalue weighted by atomic mass is 32.1. The zero-order valence-corrected chi connectivity index (χ0v) is 13.9. The van der Waals surface area contributed by atoms with Gasteiger partial charge < -0.3 is 10.8 Å². The van der Waals surface area contributed by atoms with Crippen LogP contribution in [0, 0.1) is 0 Å². The Morgan fingerprint density at radius 3 is 3.13 bits per heavy atom. The molecule has 2 aliphatic rings. The minimum Gasteiger partial charge on any atom is -0.395 e. The standard InChI is InChI=1S/C18H21N3OS/c19-18-15-5-7-23-17(15)9-13-4-3-12(8-16(13)20-18)10-21-6-1-2-14(21)11-22/h3-5,7-8,14,22H,1-2,6,9-11H2,(H2,19,20)/t14-/m1/s1. The van der Waals surface area contributed by atoms with Crippen LogP contribution in [-0.4, -0.2) is 35.0 Å². The molecule has 1 aromatic heterocycles. The number of aliphatic hydroxyl groups is 1. The van der Waals surface area contributed by atoms with Crippen molar-refractivity contribution in [2.45, 2.75) is 31.8 Å². The van der Waals surface area contributed by atoms with Gasteiger partial charge in [0.15, 0.2) is 0 Å². The molecule has 0 spiro atoms. The van der Waals surface area contributed by atoms with Crippen LogP contribution in [0.1, 0.15) is 34.4 Å². The molecular weight excluding hydrogens is 306 g/mol. The number of aliphatic hydroxyl groups excluding tert-OH is 1. The van der Waals surface area contributed by atoms with Crippen LogP contribution in [-0.2, 0) is 13.0 Å². The molecule has 1 aromatic carbocycles. The summed E-state index contributed by atoms with van der Waals surface area (Å²) in [7, 11) is 0. The van der Waals surface area contributed by atoms with Crippen LogP contribution in [0.2, 0.25) is 0 Å². The van der Waals surface area contributed by atoms with Crippen LogP contribution in [0.25, 0.3) is 0 Å². The van der Waals surface area contributed by atoms with Gasteiger partial charge >= 0.3 is 0 Å². The van der Waals surface area contributed by atoms with Crippen molar-refractivity contribution in [3.05, 3.63) is 51.2 Å². The monoisotopic (exact) mass is 327 g/mol. The molecule has 1 saturated heterocycles. The van der Waals surface area contributed by atoms with Gasteiger partial charge in [-0.15, -0.1) is 11.3 Å². The molecule has 2 aromatic rings. The Kier molecular flexibility index (Phi) is 3.93. The van der Waals surface area contributed by atoms with Gasteiger partial charge in [-0.1, -0.05) is 12.1 Å². The molecule has 0 radical (unpaired) electrons. The molecule has 4 rings (SSSR count). The number of nitrogens with two attached hydrogens (primary N) is 1. The van der Waals surface area contributed by atoms with Crippen molar-refractivity contribution in [2.24, 2.45) is 10.7 Å². The van der Waals surface area contributed by atoms with Crippen molar-refractivity contribution in [3.63, 3.8) is 0 Å². The minimum atomic E-state index is 0.246. The average Bonchev–Trinajstić information content (AvgIpc) is 3.16. The summed E-state index contributed by atoms with van der Waals surface area (Å²) in [6, 6.07) is 8.89. The van der Waals surface area contributed by atoms with E-state index < -0.39 is 0 Å². The summed E-state index contributed by atoms with van der Waals surface area (Å²) in [6.45, 7) is 2.18. The highest BCUT2D eigenvalue weighted by Gasteiger charge is 2.24. The van der Waals surface area contributed by atoms with E-state index >= 15 is 0 Å². The fourth-order valence-electron chi connectivity index (χ4n) is 3.57. The number of thiophene rings is 1. The van der Waals surface area contributed by atoms with Gasteiger partial charge in [-0.2, -0.15) is 0 Å². The molecule has 0 bridgehead atoms. The maximum absolute atomic E-state index is 9.48.